The number of phenols is 4. The van der Waals surface area contributed by atoms with E-state index in [9.17, 15) is 30.0 Å². The number of hydrogen-bond donors (Lipinski definition) is 7. The van der Waals surface area contributed by atoms with Gasteiger partial charge in [0.05, 0.1) is 6.04 Å². The largest absolute Gasteiger partial charge is 0.504 e. The molecule has 2 rings (SSSR count). The average Bonchev–Trinajstić information content (AvgIpc) is 2.72. The number of rotatable bonds is 10. The molecule has 0 saturated carbocycles. The summed E-state index contributed by atoms with van der Waals surface area (Å²) >= 11 is 0. The molecule has 0 aliphatic carbocycles. The Hall–Kier alpha value is -3.46. The van der Waals surface area contributed by atoms with Crippen LogP contribution in [0.15, 0.2) is 36.4 Å². The van der Waals surface area contributed by atoms with Gasteiger partial charge in [0.15, 0.2) is 23.0 Å². The van der Waals surface area contributed by atoms with Crippen LogP contribution < -0.4 is 16.4 Å². The Morgan fingerprint density at radius 2 is 1.50 bits per heavy atom. The van der Waals surface area contributed by atoms with Crippen LogP contribution in [0.2, 0.25) is 0 Å². The number of nitrogens with one attached hydrogen (secondary N) is 2. The smallest absolute Gasteiger partial charge is 0.251 e. The van der Waals surface area contributed by atoms with Crippen molar-refractivity contribution in [2.45, 2.75) is 31.7 Å². The summed E-state index contributed by atoms with van der Waals surface area (Å²) in [6, 6.07) is 7.66. The van der Waals surface area contributed by atoms with Gasteiger partial charge in [-0.15, -0.1) is 0 Å². The zero-order valence-corrected chi connectivity index (χ0v) is 16.5. The molecule has 1 atom stereocenters. The summed E-state index contributed by atoms with van der Waals surface area (Å²) in [6.45, 7) is 0.742. The van der Waals surface area contributed by atoms with Gasteiger partial charge in [-0.2, -0.15) is 0 Å². The van der Waals surface area contributed by atoms with E-state index in [2.05, 4.69) is 10.6 Å². The molecule has 0 unspecified atom stereocenters. The first-order chi connectivity index (χ1) is 14.3. The third-order valence-corrected chi connectivity index (χ3v) is 4.55. The topological polar surface area (TPSA) is 165 Å². The maximum Gasteiger partial charge on any atom is 0.251 e. The Labute approximate surface area is 174 Å². The Morgan fingerprint density at radius 3 is 2.17 bits per heavy atom. The third kappa shape index (κ3) is 6.85. The van der Waals surface area contributed by atoms with E-state index >= 15 is 0 Å². The van der Waals surface area contributed by atoms with Gasteiger partial charge >= 0.3 is 0 Å². The van der Waals surface area contributed by atoms with Gasteiger partial charge < -0.3 is 36.8 Å². The first-order valence-corrected chi connectivity index (χ1v) is 9.62. The summed E-state index contributed by atoms with van der Waals surface area (Å²) in [5.74, 6) is -1.69. The van der Waals surface area contributed by atoms with Gasteiger partial charge in [-0.25, -0.2) is 0 Å². The van der Waals surface area contributed by atoms with Crippen molar-refractivity contribution in [3.05, 3.63) is 47.5 Å². The molecule has 0 aromatic heterocycles. The lowest BCUT2D eigenvalue weighted by Crippen LogP contribution is -2.41. The molecule has 0 radical (unpaired) electrons. The standard InChI is InChI=1S/C21H27N3O6/c22-15(21(30)24-10-8-13-4-6-16(25)18(27)11-13)3-1-2-9-23-20(29)14-5-7-17(26)19(28)12-14/h4-7,11-12,15,25-28H,1-3,8-10,22H2,(H,23,29)(H,24,30)/t15-/m0/s1. The van der Waals surface area contributed by atoms with E-state index in [1.165, 1.54) is 30.3 Å². The third-order valence-electron chi connectivity index (χ3n) is 4.55. The summed E-state index contributed by atoms with van der Waals surface area (Å²) in [5.41, 5.74) is 6.89. The van der Waals surface area contributed by atoms with Crippen molar-refractivity contribution in [2.75, 3.05) is 13.1 Å². The molecule has 0 fully saturated rings. The number of hydrogen-bond acceptors (Lipinski definition) is 7. The number of amides is 2. The van der Waals surface area contributed by atoms with Crippen molar-refractivity contribution in [3.8, 4) is 23.0 Å². The highest BCUT2D eigenvalue weighted by molar-refractivity contribution is 5.94. The van der Waals surface area contributed by atoms with Gasteiger partial charge in [0.2, 0.25) is 5.91 Å². The molecule has 0 aliphatic rings. The number of aromatic hydroxyl groups is 4. The first kappa shape index (κ1) is 22.8. The minimum absolute atomic E-state index is 0.192. The summed E-state index contributed by atoms with van der Waals surface area (Å²) in [5, 5.41) is 42.8. The summed E-state index contributed by atoms with van der Waals surface area (Å²) in [4.78, 5) is 24.0. The van der Waals surface area contributed by atoms with Crippen LogP contribution >= 0.6 is 0 Å². The predicted octanol–water partition coefficient (Wildman–Crippen LogP) is 1.10. The van der Waals surface area contributed by atoms with E-state index in [1.807, 2.05) is 0 Å². The zero-order valence-electron chi connectivity index (χ0n) is 16.5. The van der Waals surface area contributed by atoms with Gasteiger partial charge in [-0.3, -0.25) is 9.59 Å². The molecule has 162 valence electrons. The average molecular weight is 417 g/mol. The predicted molar refractivity (Wildman–Crippen MR) is 110 cm³/mol. The number of carbonyl (C=O) groups is 2. The SMILES string of the molecule is N[C@@H](CCCCNC(=O)c1ccc(O)c(O)c1)C(=O)NCCc1ccc(O)c(O)c1. The molecule has 8 N–H and O–H groups in total. The monoisotopic (exact) mass is 417 g/mol. The van der Waals surface area contributed by atoms with Crippen LogP contribution in [0.3, 0.4) is 0 Å². The fourth-order valence-electron chi connectivity index (χ4n) is 2.77. The van der Waals surface area contributed by atoms with E-state index in [1.54, 1.807) is 6.07 Å². The molecule has 2 aromatic rings. The maximum atomic E-state index is 12.0. The Morgan fingerprint density at radius 1 is 0.833 bits per heavy atom. The molecule has 2 amide bonds. The van der Waals surface area contributed by atoms with Crippen LogP contribution in [0.1, 0.15) is 35.2 Å². The highest BCUT2D eigenvalue weighted by Crippen LogP contribution is 2.25. The Kier molecular flexibility index (Phi) is 8.30. The van der Waals surface area contributed by atoms with Crippen molar-refractivity contribution < 1.29 is 30.0 Å². The lowest BCUT2D eigenvalue weighted by atomic mass is 10.1. The molecule has 9 heteroatoms. The van der Waals surface area contributed by atoms with Gasteiger partial charge in [0, 0.05) is 18.7 Å². The van der Waals surface area contributed by atoms with Crippen molar-refractivity contribution in [1.82, 2.24) is 10.6 Å². The second-order valence-electron chi connectivity index (χ2n) is 6.93. The quantitative estimate of drug-likeness (QED) is 0.224. The van der Waals surface area contributed by atoms with E-state index in [0.29, 0.717) is 38.8 Å². The van der Waals surface area contributed by atoms with E-state index in [4.69, 9.17) is 5.73 Å². The molecule has 0 aliphatic heterocycles. The molecular weight excluding hydrogens is 390 g/mol. The summed E-state index contributed by atoms with van der Waals surface area (Å²) in [7, 11) is 0. The van der Waals surface area contributed by atoms with Gasteiger partial charge in [0.1, 0.15) is 0 Å². The normalized spacial score (nSPS) is 11.6. The number of nitrogens with two attached hydrogens (primary N) is 1. The fourth-order valence-corrected chi connectivity index (χ4v) is 2.77. The summed E-state index contributed by atoms with van der Waals surface area (Å²) < 4.78 is 0. The Bertz CT molecular complexity index is 887. The van der Waals surface area contributed by atoms with Crippen LogP contribution in [0.25, 0.3) is 0 Å². The van der Waals surface area contributed by atoms with Crippen LogP contribution in [-0.4, -0.2) is 51.4 Å². The fraction of sp³-hybridized carbons (Fsp3) is 0.333. The number of carbonyl (C=O) groups excluding carboxylic acids is 2. The van der Waals surface area contributed by atoms with Crippen LogP contribution in [0, 0.1) is 0 Å². The first-order valence-electron chi connectivity index (χ1n) is 9.62. The van der Waals surface area contributed by atoms with Gasteiger partial charge in [-0.05, 0) is 61.6 Å². The van der Waals surface area contributed by atoms with Crippen molar-refractivity contribution in [2.24, 2.45) is 5.73 Å². The highest BCUT2D eigenvalue weighted by Gasteiger charge is 2.13. The highest BCUT2D eigenvalue weighted by atomic mass is 16.3. The maximum absolute atomic E-state index is 12.0. The summed E-state index contributed by atoms with van der Waals surface area (Å²) in [6.07, 6.45) is 2.22. The van der Waals surface area contributed by atoms with Crippen LogP contribution in [0.5, 0.6) is 23.0 Å². The van der Waals surface area contributed by atoms with Crippen molar-refractivity contribution in [3.63, 3.8) is 0 Å². The molecular formula is C21H27N3O6. The van der Waals surface area contributed by atoms with E-state index < -0.39 is 6.04 Å². The number of benzene rings is 2. The molecule has 0 spiro atoms. The lowest BCUT2D eigenvalue weighted by molar-refractivity contribution is -0.122. The van der Waals surface area contributed by atoms with E-state index in [0.717, 1.165) is 5.56 Å². The number of unbranched alkanes of at least 4 members (excludes halogenated alkanes) is 1. The minimum atomic E-state index is -0.664. The van der Waals surface area contributed by atoms with Crippen molar-refractivity contribution >= 4 is 11.8 Å². The Balaban J connectivity index is 1.61. The van der Waals surface area contributed by atoms with E-state index in [-0.39, 0.29) is 40.4 Å². The number of phenolic OH excluding ortho intramolecular Hbond substituents is 4. The minimum Gasteiger partial charge on any atom is -0.504 e. The van der Waals surface area contributed by atoms with Crippen molar-refractivity contribution in [1.29, 1.82) is 0 Å². The second kappa shape index (κ2) is 10.9. The molecule has 30 heavy (non-hydrogen) atoms. The molecule has 9 nitrogen and oxygen atoms in total. The van der Waals surface area contributed by atoms with Gasteiger partial charge in [-0.1, -0.05) is 6.07 Å². The molecule has 2 aromatic carbocycles. The molecule has 0 saturated heterocycles. The molecule has 0 bridgehead atoms. The van der Waals surface area contributed by atoms with Gasteiger partial charge in [0.25, 0.3) is 5.91 Å². The second-order valence-corrected chi connectivity index (χ2v) is 6.93. The molecule has 0 heterocycles. The zero-order chi connectivity index (χ0) is 22.1. The van der Waals surface area contributed by atoms with Crippen LogP contribution in [-0.2, 0) is 11.2 Å². The lowest BCUT2D eigenvalue weighted by Gasteiger charge is -2.12. The van der Waals surface area contributed by atoms with Crippen LogP contribution in [0.4, 0.5) is 0 Å².